The number of carbonyl (C=O) groups excluding carboxylic acids is 1. The number of rotatable bonds is 3. The highest BCUT2D eigenvalue weighted by molar-refractivity contribution is 5.79. The van der Waals surface area contributed by atoms with Gasteiger partial charge < -0.3 is 20.2 Å². The lowest BCUT2D eigenvalue weighted by Crippen LogP contribution is -2.51. The van der Waals surface area contributed by atoms with Gasteiger partial charge in [0, 0.05) is 37.9 Å². The number of aryl methyl sites for hydroxylation is 1. The first-order valence-corrected chi connectivity index (χ1v) is 9.08. The summed E-state index contributed by atoms with van der Waals surface area (Å²) in [6.07, 6.45) is 2.29. The third kappa shape index (κ3) is 3.76. The van der Waals surface area contributed by atoms with Crippen LogP contribution in [0.15, 0.2) is 18.2 Å². The first-order valence-electron chi connectivity index (χ1n) is 9.08. The van der Waals surface area contributed by atoms with Gasteiger partial charge in [-0.3, -0.25) is 4.79 Å². The Morgan fingerprint density at radius 2 is 2.12 bits per heavy atom. The second-order valence-corrected chi connectivity index (χ2v) is 7.70. The van der Waals surface area contributed by atoms with E-state index in [0.29, 0.717) is 19.5 Å². The highest BCUT2D eigenvalue weighted by atomic mass is 19.1. The molecule has 1 aromatic rings. The Hall–Kier alpha value is -2.31. The summed E-state index contributed by atoms with van der Waals surface area (Å²) in [5.74, 6) is -1.10. The third-order valence-corrected chi connectivity index (χ3v) is 5.53. The minimum absolute atomic E-state index is 0.00242. The Kier molecular flexibility index (Phi) is 5.07. The Balaban J connectivity index is 1.60. The van der Waals surface area contributed by atoms with Gasteiger partial charge in [0.2, 0.25) is 0 Å². The molecule has 142 valence electrons. The number of halogens is 1. The largest absolute Gasteiger partial charge is 0.481 e. The second-order valence-electron chi connectivity index (χ2n) is 7.70. The van der Waals surface area contributed by atoms with E-state index in [1.165, 1.54) is 12.1 Å². The Labute approximate surface area is 153 Å². The molecule has 0 spiro atoms. The molecule has 2 N–H and O–H groups in total. The average Bonchev–Trinajstić information content (AvgIpc) is 2.99. The minimum atomic E-state index is -0.860. The first kappa shape index (κ1) is 18.5. The van der Waals surface area contributed by atoms with Crippen molar-refractivity contribution in [2.75, 3.05) is 31.1 Å². The highest BCUT2D eigenvalue weighted by Gasteiger charge is 2.42. The van der Waals surface area contributed by atoms with E-state index in [2.05, 4.69) is 10.2 Å². The molecule has 2 heterocycles. The summed E-state index contributed by atoms with van der Waals surface area (Å²) in [4.78, 5) is 27.6. The fraction of sp³-hybridized carbons (Fsp3) is 0.579. The number of likely N-dealkylation sites (tertiary alicyclic amines) is 1. The zero-order valence-corrected chi connectivity index (χ0v) is 15.3. The number of carbonyl (C=O) groups is 2. The van der Waals surface area contributed by atoms with Crippen molar-refractivity contribution in [1.82, 2.24) is 10.2 Å². The van der Waals surface area contributed by atoms with Crippen molar-refractivity contribution in [3.05, 3.63) is 29.6 Å². The van der Waals surface area contributed by atoms with Crippen LogP contribution in [0, 0.1) is 18.2 Å². The molecule has 2 saturated heterocycles. The first-order chi connectivity index (χ1) is 12.3. The van der Waals surface area contributed by atoms with Crippen LogP contribution in [-0.2, 0) is 4.79 Å². The van der Waals surface area contributed by atoms with Crippen LogP contribution >= 0.6 is 0 Å². The van der Waals surface area contributed by atoms with Crippen molar-refractivity contribution < 1.29 is 19.1 Å². The fourth-order valence-corrected chi connectivity index (χ4v) is 3.86. The Bertz CT molecular complexity index is 711. The smallest absolute Gasteiger partial charge is 0.317 e. The molecule has 2 amide bonds. The number of amides is 2. The monoisotopic (exact) mass is 363 g/mol. The van der Waals surface area contributed by atoms with E-state index in [1.807, 2.05) is 6.92 Å². The maximum atomic E-state index is 13.3. The van der Waals surface area contributed by atoms with Gasteiger partial charge in [0.05, 0.1) is 5.41 Å². The van der Waals surface area contributed by atoms with Gasteiger partial charge in [0.1, 0.15) is 5.82 Å². The number of anilines is 1. The number of hydrogen-bond donors (Lipinski definition) is 2. The van der Waals surface area contributed by atoms with E-state index in [9.17, 15) is 19.1 Å². The van der Waals surface area contributed by atoms with Gasteiger partial charge >= 0.3 is 12.0 Å². The van der Waals surface area contributed by atoms with Gasteiger partial charge in [-0.15, -0.1) is 0 Å². The molecule has 7 heteroatoms. The zero-order chi connectivity index (χ0) is 18.9. The van der Waals surface area contributed by atoms with Gasteiger partial charge in [0.25, 0.3) is 0 Å². The lowest BCUT2D eigenvalue weighted by atomic mass is 9.90. The number of hydrogen-bond acceptors (Lipinski definition) is 3. The molecule has 26 heavy (non-hydrogen) atoms. The predicted octanol–water partition coefficient (Wildman–Crippen LogP) is 2.61. The number of aliphatic carboxylic acids is 1. The number of carboxylic acids is 1. The molecule has 6 nitrogen and oxygen atoms in total. The van der Waals surface area contributed by atoms with E-state index in [-0.39, 0.29) is 24.4 Å². The number of carboxylic acid groups (broad SMARTS) is 1. The van der Waals surface area contributed by atoms with Crippen molar-refractivity contribution in [2.24, 2.45) is 5.41 Å². The molecule has 0 aromatic heterocycles. The van der Waals surface area contributed by atoms with Gasteiger partial charge in [-0.05, 0) is 56.9 Å². The van der Waals surface area contributed by atoms with Gasteiger partial charge in [-0.25, -0.2) is 9.18 Å². The molecule has 3 rings (SSSR count). The average molecular weight is 363 g/mol. The lowest BCUT2D eigenvalue weighted by molar-refractivity contribution is -0.147. The third-order valence-electron chi connectivity index (χ3n) is 5.53. The number of piperidine rings is 1. The molecule has 2 atom stereocenters. The molecular formula is C19H26FN3O3. The number of nitrogens with zero attached hydrogens (tertiary/aromatic N) is 2. The minimum Gasteiger partial charge on any atom is -0.481 e. The molecular weight excluding hydrogens is 337 g/mol. The van der Waals surface area contributed by atoms with Crippen LogP contribution in [-0.4, -0.2) is 54.2 Å². The molecule has 0 radical (unpaired) electrons. The van der Waals surface area contributed by atoms with Crippen LogP contribution in [0.1, 0.15) is 31.7 Å². The van der Waals surface area contributed by atoms with Crippen LogP contribution in [0.3, 0.4) is 0 Å². The molecule has 0 saturated carbocycles. The van der Waals surface area contributed by atoms with Gasteiger partial charge in [0.15, 0.2) is 0 Å². The Morgan fingerprint density at radius 1 is 1.35 bits per heavy atom. The second kappa shape index (κ2) is 7.13. The predicted molar refractivity (Wildman–Crippen MR) is 96.8 cm³/mol. The van der Waals surface area contributed by atoms with Crippen molar-refractivity contribution in [3.8, 4) is 0 Å². The molecule has 2 unspecified atom stereocenters. The van der Waals surface area contributed by atoms with Gasteiger partial charge in [-0.1, -0.05) is 0 Å². The summed E-state index contributed by atoms with van der Waals surface area (Å²) in [6, 6.07) is 4.57. The van der Waals surface area contributed by atoms with Crippen LogP contribution in [0.2, 0.25) is 0 Å². The molecule has 0 bridgehead atoms. The fourth-order valence-electron chi connectivity index (χ4n) is 3.86. The molecule has 0 aliphatic carbocycles. The molecule has 2 aliphatic rings. The molecule has 2 aliphatic heterocycles. The van der Waals surface area contributed by atoms with Crippen molar-refractivity contribution in [2.45, 2.75) is 39.2 Å². The maximum Gasteiger partial charge on any atom is 0.317 e. The van der Waals surface area contributed by atoms with Crippen LogP contribution in [0.25, 0.3) is 0 Å². The van der Waals surface area contributed by atoms with E-state index < -0.39 is 11.4 Å². The van der Waals surface area contributed by atoms with E-state index in [4.69, 9.17) is 0 Å². The van der Waals surface area contributed by atoms with Crippen LogP contribution in [0.4, 0.5) is 14.9 Å². The summed E-state index contributed by atoms with van der Waals surface area (Å²) >= 11 is 0. The molecule has 2 fully saturated rings. The maximum absolute atomic E-state index is 13.3. The summed E-state index contributed by atoms with van der Waals surface area (Å²) in [5.41, 5.74) is 1.01. The summed E-state index contributed by atoms with van der Waals surface area (Å²) in [7, 11) is 0. The van der Waals surface area contributed by atoms with E-state index >= 15 is 0 Å². The van der Waals surface area contributed by atoms with Crippen LogP contribution in [0.5, 0.6) is 0 Å². The quantitative estimate of drug-likeness (QED) is 0.866. The summed E-state index contributed by atoms with van der Waals surface area (Å²) in [6.45, 7) is 5.81. The summed E-state index contributed by atoms with van der Waals surface area (Å²) < 4.78 is 13.3. The van der Waals surface area contributed by atoms with E-state index in [1.54, 1.807) is 17.9 Å². The Morgan fingerprint density at radius 3 is 2.77 bits per heavy atom. The normalized spacial score (nSPS) is 26.0. The van der Waals surface area contributed by atoms with E-state index in [0.717, 1.165) is 30.6 Å². The highest BCUT2D eigenvalue weighted by Crippen LogP contribution is 2.30. The number of benzene rings is 1. The van der Waals surface area contributed by atoms with Crippen molar-refractivity contribution in [3.63, 3.8) is 0 Å². The standard InChI is InChI=1S/C19H26FN3O3/c1-13-10-14(20)5-6-16(13)22-8-3-4-15(11-22)21-18(26)23-9-7-19(2,12-23)17(24)25/h5-6,10,15H,3-4,7-9,11-12H2,1-2H3,(H,21,26)(H,24,25). The number of nitrogens with one attached hydrogen (secondary N) is 1. The van der Waals surface area contributed by atoms with Crippen molar-refractivity contribution >= 4 is 17.7 Å². The SMILES string of the molecule is Cc1cc(F)ccc1N1CCCC(NC(=O)N2CCC(C)(C(=O)O)C2)C1. The van der Waals surface area contributed by atoms with Crippen LogP contribution < -0.4 is 10.2 Å². The van der Waals surface area contributed by atoms with Crippen molar-refractivity contribution in [1.29, 1.82) is 0 Å². The molecule has 1 aromatic carbocycles. The lowest BCUT2D eigenvalue weighted by Gasteiger charge is -2.36. The zero-order valence-electron chi connectivity index (χ0n) is 15.3. The topological polar surface area (TPSA) is 72.9 Å². The van der Waals surface area contributed by atoms with Gasteiger partial charge in [-0.2, -0.15) is 0 Å². The summed E-state index contributed by atoms with van der Waals surface area (Å²) in [5, 5.41) is 12.4. The number of urea groups is 1.